The lowest BCUT2D eigenvalue weighted by atomic mass is 9.97. The maximum absolute atomic E-state index is 10.9. The Kier molecular flexibility index (Phi) is 1.72. The van der Waals surface area contributed by atoms with Crippen molar-refractivity contribution in [1.82, 2.24) is 5.32 Å². The third kappa shape index (κ3) is 1.42. The Morgan fingerprint density at radius 1 is 1.73 bits per heavy atom. The molecule has 0 aromatic heterocycles. The van der Waals surface area contributed by atoms with E-state index in [-0.39, 0.29) is 5.91 Å². The number of nitrogens with two attached hydrogens (primary N) is 1. The van der Waals surface area contributed by atoms with E-state index in [2.05, 4.69) is 5.32 Å². The van der Waals surface area contributed by atoms with Gasteiger partial charge in [0.1, 0.15) is 5.54 Å². The van der Waals surface area contributed by atoms with E-state index in [1.807, 2.05) is 13.0 Å². The summed E-state index contributed by atoms with van der Waals surface area (Å²) in [7, 11) is 0. The molecule has 11 heavy (non-hydrogen) atoms. The molecule has 3 nitrogen and oxygen atoms in total. The predicted octanol–water partition coefficient (Wildman–Crippen LogP) is 0.294. The van der Waals surface area contributed by atoms with Gasteiger partial charge in [-0.15, -0.1) is 0 Å². The van der Waals surface area contributed by atoms with Crippen LogP contribution in [0.2, 0.25) is 0 Å². The number of dihydropyridines is 1. The van der Waals surface area contributed by atoms with Crippen molar-refractivity contribution in [3.63, 3.8) is 0 Å². The molecule has 0 aromatic rings. The van der Waals surface area contributed by atoms with E-state index in [4.69, 9.17) is 5.73 Å². The number of hydrogen-bond donors (Lipinski definition) is 2. The van der Waals surface area contributed by atoms with Crippen LogP contribution in [0.15, 0.2) is 23.9 Å². The highest BCUT2D eigenvalue weighted by atomic mass is 16.1. The number of amides is 1. The molecule has 0 saturated heterocycles. The van der Waals surface area contributed by atoms with Crippen LogP contribution in [0.4, 0.5) is 0 Å². The largest absolute Gasteiger partial charge is 0.374 e. The third-order valence-corrected chi connectivity index (χ3v) is 1.79. The smallest absolute Gasteiger partial charge is 0.246 e. The first-order valence-electron chi connectivity index (χ1n) is 3.48. The minimum atomic E-state index is -0.709. The predicted molar refractivity (Wildman–Crippen MR) is 43.6 cm³/mol. The van der Waals surface area contributed by atoms with Crippen LogP contribution >= 0.6 is 0 Å². The fourth-order valence-electron chi connectivity index (χ4n) is 0.811. The zero-order valence-electron chi connectivity index (χ0n) is 6.72. The molecule has 0 bridgehead atoms. The SMILES string of the molecule is CC1=CNC(C)(C(N)=O)C=C1. The van der Waals surface area contributed by atoms with Crippen molar-refractivity contribution in [2.45, 2.75) is 19.4 Å². The van der Waals surface area contributed by atoms with Crippen molar-refractivity contribution in [3.8, 4) is 0 Å². The number of nitrogens with one attached hydrogen (secondary N) is 1. The van der Waals surface area contributed by atoms with Crippen LogP contribution < -0.4 is 11.1 Å². The highest BCUT2D eigenvalue weighted by Gasteiger charge is 2.27. The average molecular weight is 152 g/mol. The summed E-state index contributed by atoms with van der Waals surface area (Å²) in [6.45, 7) is 3.69. The van der Waals surface area contributed by atoms with E-state index in [1.54, 1.807) is 19.2 Å². The summed E-state index contributed by atoms with van der Waals surface area (Å²) < 4.78 is 0. The van der Waals surface area contributed by atoms with E-state index < -0.39 is 5.54 Å². The van der Waals surface area contributed by atoms with Crippen molar-refractivity contribution in [1.29, 1.82) is 0 Å². The van der Waals surface area contributed by atoms with Gasteiger partial charge in [0, 0.05) is 6.20 Å². The van der Waals surface area contributed by atoms with Gasteiger partial charge in [0.25, 0.3) is 0 Å². The fourth-order valence-corrected chi connectivity index (χ4v) is 0.811. The quantitative estimate of drug-likeness (QED) is 0.567. The first-order valence-corrected chi connectivity index (χ1v) is 3.48. The van der Waals surface area contributed by atoms with Gasteiger partial charge in [-0.1, -0.05) is 6.08 Å². The minimum absolute atomic E-state index is 0.363. The lowest BCUT2D eigenvalue weighted by Crippen LogP contribution is -2.50. The number of rotatable bonds is 1. The molecule has 1 atom stereocenters. The van der Waals surface area contributed by atoms with Gasteiger partial charge in [-0.2, -0.15) is 0 Å². The van der Waals surface area contributed by atoms with Gasteiger partial charge in [-0.25, -0.2) is 0 Å². The molecule has 0 aliphatic carbocycles. The Morgan fingerprint density at radius 3 is 2.73 bits per heavy atom. The normalized spacial score (nSPS) is 29.1. The topological polar surface area (TPSA) is 55.1 Å². The first-order chi connectivity index (χ1) is 5.04. The summed E-state index contributed by atoms with van der Waals surface area (Å²) >= 11 is 0. The Labute approximate surface area is 66.0 Å². The number of primary amides is 1. The van der Waals surface area contributed by atoms with Crippen molar-refractivity contribution >= 4 is 5.91 Å². The molecule has 0 fully saturated rings. The lowest BCUT2D eigenvalue weighted by molar-refractivity contribution is -0.121. The second-order valence-electron chi connectivity index (χ2n) is 2.93. The van der Waals surface area contributed by atoms with Gasteiger partial charge >= 0.3 is 0 Å². The van der Waals surface area contributed by atoms with Crippen LogP contribution in [-0.2, 0) is 4.79 Å². The zero-order valence-corrected chi connectivity index (χ0v) is 6.72. The third-order valence-electron chi connectivity index (χ3n) is 1.79. The second kappa shape index (κ2) is 2.42. The maximum atomic E-state index is 10.9. The molecule has 1 heterocycles. The zero-order chi connectivity index (χ0) is 8.48. The minimum Gasteiger partial charge on any atom is -0.374 e. The highest BCUT2D eigenvalue weighted by Crippen LogP contribution is 2.12. The summed E-state index contributed by atoms with van der Waals surface area (Å²) in [5, 5.41) is 2.92. The molecule has 1 aliphatic rings. The fraction of sp³-hybridized carbons (Fsp3) is 0.375. The maximum Gasteiger partial charge on any atom is 0.246 e. The number of carbonyl (C=O) groups excluding carboxylic acids is 1. The summed E-state index contributed by atoms with van der Waals surface area (Å²) in [5.41, 5.74) is 5.54. The van der Waals surface area contributed by atoms with Crippen LogP contribution in [0.1, 0.15) is 13.8 Å². The monoisotopic (exact) mass is 152 g/mol. The van der Waals surface area contributed by atoms with Gasteiger partial charge < -0.3 is 11.1 Å². The Bertz CT molecular complexity index is 242. The molecule has 0 aromatic carbocycles. The molecule has 1 aliphatic heterocycles. The standard InChI is InChI=1S/C8H12N2O/c1-6-3-4-8(2,7(9)11)10-5-6/h3-5,10H,1-2H3,(H2,9,11). The second-order valence-corrected chi connectivity index (χ2v) is 2.93. The summed E-state index contributed by atoms with van der Waals surface area (Å²) in [6.07, 6.45) is 5.43. The van der Waals surface area contributed by atoms with E-state index in [1.165, 1.54) is 0 Å². The van der Waals surface area contributed by atoms with Crippen LogP contribution in [0, 0.1) is 0 Å². The van der Waals surface area contributed by atoms with Crippen molar-refractivity contribution in [2.75, 3.05) is 0 Å². The van der Waals surface area contributed by atoms with Crippen molar-refractivity contribution < 1.29 is 4.79 Å². The molecule has 0 radical (unpaired) electrons. The summed E-state index contributed by atoms with van der Waals surface area (Å²) in [4.78, 5) is 10.9. The van der Waals surface area contributed by atoms with E-state index >= 15 is 0 Å². The lowest BCUT2D eigenvalue weighted by Gasteiger charge is -2.25. The first kappa shape index (κ1) is 7.85. The molecule has 0 saturated carbocycles. The Morgan fingerprint density at radius 2 is 2.36 bits per heavy atom. The number of hydrogen-bond acceptors (Lipinski definition) is 2. The Hall–Kier alpha value is -1.25. The number of carbonyl (C=O) groups is 1. The van der Waals surface area contributed by atoms with E-state index in [0.29, 0.717) is 0 Å². The van der Waals surface area contributed by atoms with Gasteiger partial charge in [0.05, 0.1) is 0 Å². The molecule has 3 N–H and O–H groups in total. The molecule has 60 valence electrons. The molecule has 3 heteroatoms. The Balaban J connectivity index is 2.82. The highest BCUT2D eigenvalue weighted by molar-refractivity contribution is 5.87. The van der Waals surface area contributed by atoms with Gasteiger partial charge in [0.15, 0.2) is 0 Å². The molecular weight excluding hydrogens is 140 g/mol. The van der Waals surface area contributed by atoms with Gasteiger partial charge in [-0.3, -0.25) is 4.79 Å². The summed E-state index contributed by atoms with van der Waals surface area (Å²) in [5.74, 6) is -0.363. The van der Waals surface area contributed by atoms with Crippen LogP contribution in [0.5, 0.6) is 0 Å². The molecule has 1 amide bonds. The van der Waals surface area contributed by atoms with Gasteiger partial charge in [0.2, 0.25) is 5.91 Å². The van der Waals surface area contributed by atoms with E-state index in [9.17, 15) is 4.79 Å². The molecule has 1 rings (SSSR count). The van der Waals surface area contributed by atoms with E-state index in [0.717, 1.165) is 5.57 Å². The van der Waals surface area contributed by atoms with Crippen LogP contribution in [-0.4, -0.2) is 11.4 Å². The summed E-state index contributed by atoms with van der Waals surface area (Å²) in [6, 6.07) is 0. The van der Waals surface area contributed by atoms with Crippen molar-refractivity contribution in [3.05, 3.63) is 23.9 Å². The average Bonchev–Trinajstić information content (AvgIpc) is 1.95. The van der Waals surface area contributed by atoms with Crippen LogP contribution in [0.3, 0.4) is 0 Å². The number of allylic oxidation sites excluding steroid dienone is 2. The molecule has 0 spiro atoms. The van der Waals surface area contributed by atoms with Crippen LogP contribution in [0.25, 0.3) is 0 Å². The van der Waals surface area contributed by atoms with Crippen molar-refractivity contribution in [2.24, 2.45) is 5.73 Å². The molecular formula is C8H12N2O. The van der Waals surface area contributed by atoms with Gasteiger partial charge in [-0.05, 0) is 25.5 Å². The molecule has 1 unspecified atom stereocenters.